The number of hydrogen-bond acceptors (Lipinski definition) is 1. The van der Waals surface area contributed by atoms with Gasteiger partial charge in [0, 0.05) is 9.50 Å². The second-order valence-corrected chi connectivity index (χ2v) is 6.02. The van der Waals surface area contributed by atoms with Crippen molar-refractivity contribution in [1.29, 1.82) is 0 Å². The van der Waals surface area contributed by atoms with Gasteiger partial charge in [0.25, 0.3) is 5.91 Å². The first-order chi connectivity index (χ1) is 9.49. The first kappa shape index (κ1) is 15.4. The normalized spacial score (nSPS) is 12.0. The predicted octanol–water partition coefficient (Wildman–Crippen LogP) is 5.25. The summed E-state index contributed by atoms with van der Waals surface area (Å²) >= 11 is 15.3. The molecular weight excluding hydrogens is 361 g/mol. The van der Waals surface area contributed by atoms with Gasteiger partial charge in [0.05, 0.1) is 16.6 Å². The van der Waals surface area contributed by atoms with E-state index in [-0.39, 0.29) is 11.9 Å². The lowest BCUT2D eigenvalue weighted by atomic mass is 10.1. The van der Waals surface area contributed by atoms with Gasteiger partial charge in [-0.3, -0.25) is 4.79 Å². The van der Waals surface area contributed by atoms with Crippen LogP contribution in [0.3, 0.4) is 0 Å². The fourth-order valence-corrected chi connectivity index (χ4v) is 2.49. The lowest BCUT2D eigenvalue weighted by Crippen LogP contribution is -2.26. The minimum absolute atomic E-state index is 0.130. The fourth-order valence-electron chi connectivity index (χ4n) is 1.79. The number of halogens is 3. The molecule has 0 aliphatic carbocycles. The Morgan fingerprint density at radius 2 is 1.80 bits per heavy atom. The zero-order valence-electron chi connectivity index (χ0n) is 10.7. The van der Waals surface area contributed by atoms with E-state index in [1.165, 1.54) is 0 Å². The first-order valence-electron chi connectivity index (χ1n) is 5.99. The molecule has 2 aromatic carbocycles. The number of carbonyl (C=O) groups is 1. The Bertz CT molecular complexity index is 628. The summed E-state index contributed by atoms with van der Waals surface area (Å²) in [6.45, 7) is 1.91. The van der Waals surface area contributed by atoms with Gasteiger partial charge >= 0.3 is 0 Å². The first-order valence-corrected chi connectivity index (χ1v) is 7.54. The highest BCUT2D eigenvalue weighted by molar-refractivity contribution is 9.10. The van der Waals surface area contributed by atoms with Crippen LogP contribution in [0.25, 0.3) is 0 Å². The standard InChI is InChI=1S/C15H12BrCl2NO/c1-9(10-5-7-11(17)8-6-10)19-15(20)12-3-2-4-13(16)14(12)18/h2-9H,1H3,(H,19,20). The van der Waals surface area contributed by atoms with Crippen molar-refractivity contribution < 1.29 is 4.79 Å². The highest BCUT2D eigenvalue weighted by atomic mass is 79.9. The molecule has 1 unspecified atom stereocenters. The summed E-state index contributed by atoms with van der Waals surface area (Å²) in [6, 6.07) is 12.5. The fraction of sp³-hybridized carbons (Fsp3) is 0.133. The summed E-state index contributed by atoms with van der Waals surface area (Å²) in [6.07, 6.45) is 0. The summed E-state index contributed by atoms with van der Waals surface area (Å²) in [4.78, 5) is 12.2. The molecule has 1 atom stereocenters. The Kier molecular flexibility index (Phi) is 5.08. The third kappa shape index (κ3) is 3.54. The molecule has 0 aromatic heterocycles. The van der Waals surface area contributed by atoms with Crippen LogP contribution in [0.4, 0.5) is 0 Å². The molecule has 20 heavy (non-hydrogen) atoms. The van der Waals surface area contributed by atoms with Gasteiger partial charge in [-0.25, -0.2) is 0 Å². The molecule has 2 rings (SSSR count). The van der Waals surface area contributed by atoms with Gasteiger partial charge in [-0.15, -0.1) is 0 Å². The van der Waals surface area contributed by atoms with Gasteiger partial charge in [-0.1, -0.05) is 41.4 Å². The van der Waals surface area contributed by atoms with Gasteiger partial charge in [0.1, 0.15) is 0 Å². The van der Waals surface area contributed by atoms with Gasteiger partial charge in [0.2, 0.25) is 0 Å². The minimum atomic E-state index is -0.209. The van der Waals surface area contributed by atoms with E-state index in [9.17, 15) is 4.79 Å². The maximum atomic E-state index is 12.2. The van der Waals surface area contributed by atoms with Crippen LogP contribution in [0, 0.1) is 0 Å². The van der Waals surface area contributed by atoms with E-state index >= 15 is 0 Å². The Balaban J connectivity index is 2.15. The van der Waals surface area contributed by atoms with E-state index in [1.54, 1.807) is 30.3 Å². The molecule has 2 aromatic rings. The van der Waals surface area contributed by atoms with Crippen LogP contribution in [0.2, 0.25) is 10.0 Å². The summed E-state index contributed by atoms with van der Waals surface area (Å²) in [5.41, 5.74) is 1.43. The molecule has 0 aliphatic rings. The minimum Gasteiger partial charge on any atom is -0.345 e. The van der Waals surface area contributed by atoms with Crippen LogP contribution in [-0.2, 0) is 0 Å². The topological polar surface area (TPSA) is 29.1 Å². The van der Waals surface area contributed by atoms with E-state index in [1.807, 2.05) is 19.1 Å². The number of benzene rings is 2. The lowest BCUT2D eigenvalue weighted by Gasteiger charge is -2.15. The van der Waals surface area contributed by atoms with Crippen LogP contribution in [0.15, 0.2) is 46.9 Å². The number of amides is 1. The molecule has 0 fully saturated rings. The van der Waals surface area contributed by atoms with Crippen molar-refractivity contribution in [2.75, 3.05) is 0 Å². The van der Waals surface area contributed by atoms with E-state index in [4.69, 9.17) is 23.2 Å². The molecule has 0 aliphatic heterocycles. The van der Waals surface area contributed by atoms with E-state index in [0.717, 1.165) is 5.56 Å². The molecule has 104 valence electrons. The third-order valence-electron chi connectivity index (χ3n) is 2.91. The zero-order chi connectivity index (χ0) is 14.7. The maximum Gasteiger partial charge on any atom is 0.253 e. The molecule has 5 heteroatoms. The maximum absolute atomic E-state index is 12.2. The number of nitrogens with one attached hydrogen (secondary N) is 1. The monoisotopic (exact) mass is 371 g/mol. The molecule has 0 saturated heterocycles. The summed E-state index contributed by atoms with van der Waals surface area (Å²) in [5, 5.41) is 3.99. The highest BCUT2D eigenvalue weighted by Crippen LogP contribution is 2.26. The average molecular weight is 373 g/mol. The number of carbonyl (C=O) groups excluding carboxylic acids is 1. The predicted molar refractivity (Wildman–Crippen MR) is 86.5 cm³/mol. The van der Waals surface area contributed by atoms with Crippen molar-refractivity contribution in [3.05, 3.63) is 68.1 Å². The van der Waals surface area contributed by atoms with Crippen LogP contribution in [-0.4, -0.2) is 5.91 Å². The van der Waals surface area contributed by atoms with E-state index in [0.29, 0.717) is 20.1 Å². The molecule has 0 radical (unpaired) electrons. The van der Waals surface area contributed by atoms with Gasteiger partial charge in [-0.05, 0) is 52.7 Å². The van der Waals surface area contributed by atoms with Gasteiger partial charge in [-0.2, -0.15) is 0 Å². The Labute approximate surface area is 136 Å². The second kappa shape index (κ2) is 6.61. The zero-order valence-corrected chi connectivity index (χ0v) is 13.8. The molecular formula is C15H12BrCl2NO. The largest absolute Gasteiger partial charge is 0.345 e. The van der Waals surface area contributed by atoms with Crippen molar-refractivity contribution in [2.45, 2.75) is 13.0 Å². The van der Waals surface area contributed by atoms with Crippen LogP contribution < -0.4 is 5.32 Å². The number of rotatable bonds is 3. The van der Waals surface area contributed by atoms with Gasteiger partial charge in [0.15, 0.2) is 0 Å². The molecule has 0 heterocycles. The average Bonchev–Trinajstić information content (AvgIpc) is 2.42. The van der Waals surface area contributed by atoms with E-state index < -0.39 is 0 Å². The number of hydrogen-bond donors (Lipinski definition) is 1. The SMILES string of the molecule is CC(NC(=O)c1cccc(Br)c1Cl)c1ccc(Cl)cc1. The van der Waals surface area contributed by atoms with Crippen molar-refractivity contribution in [2.24, 2.45) is 0 Å². The van der Waals surface area contributed by atoms with Gasteiger partial charge < -0.3 is 5.32 Å². The Hall–Kier alpha value is -1.03. The summed E-state index contributed by atoms with van der Waals surface area (Å²) in [7, 11) is 0. The van der Waals surface area contributed by atoms with Crippen molar-refractivity contribution in [1.82, 2.24) is 5.32 Å². The lowest BCUT2D eigenvalue weighted by molar-refractivity contribution is 0.0940. The van der Waals surface area contributed by atoms with Crippen molar-refractivity contribution in [3.63, 3.8) is 0 Å². The highest BCUT2D eigenvalue weighted by Gasteiger charge is 2.15. The second-order valence-electron chi connectivity index (χ2n) is 4.35. The van der Waals surface area contributed by atoms with Crippen molar-refractivity contribution in [3.8, 4) is 0 Å². The molecule has 0 spiro atoms. The Morgan fingerprint density at radius 1 is 1.15 bits per heavy atom. The Morgan fingerprint density at radius 3 is 2.45 bits per heavy atom. The van der Waals surface area contributed by atoms with E-state index in [2.05, 4.69) is 21.2 Å². The third-order valence-corrected chi connectivity index (χ3v) is 4.46. The summed E-state index contributed by atoms with van der Waals surface area (Å²) < 4.78 is 0.700. The van der Waals surface area contributed by atoms with Crippen LogP contribution in [0.1, 0.15) is 28.9 Å². The molecule has 2 nitrogen and oxygen atoms in total. The van der Waals surface area contributed by atoms with Crippen molar-refractivity contribution >= 4 is 45.0 Å². The quantitative estimate of drug-likeness (QED) is 0.783. The van der Waals surface area contributed by atoms with Crippen LogP contribution >= 0.6 is 39.1 Å². The molecule has 1 amide bonds. The molecule has 0 bridgehead atoms. The van der Waals surface area contributed by atoms with Crippen LogP contribution in [0.5, 0.6) is 0 Å². The molecule has 1 N–H and O–H groups in total. The smallest absolute Gasteiger partial charge is 0.253 e. The molecule has 0 saturated carbocycles. The summed E-state index contributed by atoms with van der Waals surface area (Å²) in [5.74, 6) is -0.209.